The van der Waals surface area contributed by atoms with E-state index in [9.17, 15) is 0 Å². The minimum Gasteiger partial charge on any atom is -0.310 e. The molecular formula is C16H26ClN. The van der Waals surface area contributed by atoms with Crippen molar-refractivity contribution >= 4 is 12.4 Å². The first kappa shape index (κ1) is 15.5. The van der Waals surface area contributed by atoms with Crippen molar-refractivity contribution in [2.24, 2.45) is 16.7 Å². The monoisotopic (exact) mass is 267 g/mol. The van der Waals surface area contributed by atoms with Crippen LogP contribution in [0.25, 0.3) is 0 Å². The molecule has 18 heavy (non-hydrogen) atoms. The molecule has 0 bridgehead atoms. The topological polar surface area (TPSA) is 12.0 Å². The third-order valence-electron chi connectivity index (χ3n) is 5.10. The van der Waals surface area contributed by atoms with Crippen molar-refractivity contribution in [3.8, 4) is 0 Å². The van der Waals surface area contributed by atoms with E-state index in [0.29, 0.717) is 16.9 Å². The fourth-order valence-electron chi connectivity index (χ4n) is 3.49. The van der Waals surface area contributed by atoms with E-state index in [2.05, 4.69) is 70.3 Å². The summed E-state index contributed by atoms with van der Waals surface area (Å²) in [6, 6.07) is 11.2. The zero-order valence-electron chi connectivity index (χ0n) is 12.2. The lowest BCUT2D eigenvalue weighted by Crippen LogP contribution is -2.29. The van der Waals surface area contributed by atoms with Gasteiger partial charge in [-0.05, 0) is 29.2 Å². The molecule has 2 heteroatoms. The minimum absolute atomic E-state index is 0. The molecule has 0 spiro atoms. The van der Waals surface area contributed by atoms with E-state index < -0.39 is 0 Å². The van der Waals surface area contributed by atoms with Crippen LogP contribution in [0, 0.1) is 16.7 Å². The van der Waals surface area contributed by atoms with Crippen LogP contribution in [-0.4, -0.2) is 6.04 Å². The zero-order chi connectivity index (χ0) is 12.7. The maximum atomic E-state index is 3.67. The molecule has 1 fully saturated rings. The molecule has 0 saturated heterocycles. The van der Waals surface area contributed by atoms with Crippen molar-refractivity contribution < 1.29 is 0 Å². The summed E-state index contributed by atoms with van der Waals surface area (Å²) in [7, 11) is 0. The molecule has 2 rings (SSSR count). The third-order valence-corrected chi connectivity index (χ3v) is 5.10. The van der Waals surface area contributed by atoms with Crippen molar-refractivity contribution in [3.05, 3.63) is 35.9 Å². The normalized spacial score (nSPS) is 22.1. The second-order valence-corrected chi connectivity index (χ2v) is 6.58. The zero-order valence-corrected chi connectivity index (χ0v) is 13.0. The van der Waals surface area contributed by atoms with Crippen molar-refractivity contribution in [1.29, 1.82) is 0 Å². The van der Waals surface area contributed by atoms with Gasteiger partial charge in [0.15, 0.2) is 0 Å². The van der Waals surface area contributed by atoms with Gasteiger partial charge in [0.25, 0.3) is 0 Å². The van der Waals surface area contributed by atoms with Crippen molar-refractivity contribution in [1.82, 2.24) is 5.32 Å². The highest BCUT2D eigenvalue weighted by atomic mass is 35.5. The Morgan fingerprint density at radius 1 is 1.06 bits per heavy atom. The van der Waals surface area contributed by atoms with Crippen LogP contribution < -0.4 is 5.32 Å². The van der Waals surface area contributed by atoms with Gasteiger partial charge < -0.3 is 5.32 Å². The van der Waals surface area contributed by atoms with Gasteiger partial charge in [0, 0.05) is 12.6 Å². The number of hydrogen-bond acceptors (Lipinski definition) is 1. The molecule has 1 atom stereocenters. The summed E-state index contributed by atoms with van der Waals surface area (Å²) in [6.07, 6.45) is 0. The van der Waals surface area contributed by atoms with Gasteiger partial charge in [-0.15, -0.1) is 12.4 Å². The Balaban J connectivity index is 0.00000162. The molecular weight excluding hydrogens is 242 g/mol. The number of benzene rings is 1. The summed E-state index contributed by atoms with van der Waals surface area (Å²) in [4.78, 5) is 0. The van der Waals surface area contributed by atoms with Crippen molar-refractivity contribution in [3.63, 3.8) is 0 Å². The summed E-state index contributed by atoms with van der Waals surface area (Å²) in [6.45, 7) is 12.8. The van der Waals surface area contributed by atoms with E-state index in [1.54, 1.807) is 0 Å². The van der Waals surface area contributed by atoms with Crippen LogP contribution in [-0.2, 0) is 6.54 Å². The first-order valence-corrected chi connectivity index (χ1v) is 6.64. The Hall–Kier alpha value is -0.530. The molecule has 1 saturated carbocycles. The quantitative estimate of drug-likeness (QED) is 0.859. The Morgan fingerprint density at radius 2 is 1.56 bits per heavy atom. The van der Waals surface area contributed by atoms with E-state index in [-0.39, 0.29) is 12.4 Å². The van der Waals surface area contributed by atoms with E-state index in [1.165, 1.54) is 5.56 Å². The molecule has 1 unspecified atom stereocenters. The van der Waals surface area contributed by atoms with Gasteiger partial charge in [-0.25, -0.2) is 0 Å². The smallest absolute Gasteiger partial charge is 0.0208 e. The van der Waals surface area contributed by atoms with E-state index >= 15 is 0 Å². The molecule has 0 radical (unpaired) electrons. The van der Waals surface area contributed by atoms with Crippen LogP contribution in [0.4, 0.5) is 0 Å². The average Bonchev–Trinajstić information content (AvgIpc) is 2.68. The molecule has 0 heterocycles. The number of halogens is 1. The molecule has 1 aromatic rings. The summed E-state index contributed by atoms with van der Waals surface area (Å²) in [5, 5.41) is 3.67. The molecule has 1 aliphatic carbocycles. The molecule has 102 valence electrons. The lowest BCUT2D eigenvalue weighted by Gasteiger charge is -2.16. The highest BCUT2D eigenvalue weighted by molar-refractivity contribution is 5.85. The minimum atomic E-state index is 0. The Bertz CT molecular complexity index is 369. The van der Waals surface area contributed by atoms with Crippen LogP contribution in [0.1, 0.15) is 40.2 Å². The summed E-state index contributed by atoms with van der Waals surface area (Å²) >= 11 is 0. The number of hydrogen-bond donors (Lipinski definition) is 1. The predicted molar refractivity (Wildman–Crippen MR) is 81.0 cm³/mol. The Morgan fingerprint density at radius 3 is 2.00 bits per heavy atom. The van der Waals surface area contributed by atoms with Crippen LogP contribution in [0.3, 0.4) is 0 Å². The van der Waals surface area contributed by atoms with E-state index in [4.69, 9.17) is 0 Å². The largest absolute Gasteiger partial charge is 0.310 e. The van der Waals surface area contributed by atoms with Crippen LogP contribution in [0.5, 0.6) is 0 Å². The fourth-order valence-corrected chi connectivity index (χ4v) is 3.49. The van der Waals surface area contributed by atoms with Gasteiger partial charge in [0.2, 0.25) is 0 Å². The van der Waals surface area contributed by atoms with Crippen molar-refractivity contribution in [2.75, 3.05) is 0 Å². The van der Waals surface area contributed by atoms with Crippen LogP contribution in [0.15, 0.2) is 30.3 Å². The highest BCUT2D eigenvalue weighted by Gasteiger charge is 2.66. The third kappa shape index (κ3) is 2.57. The second-order valence-electron chi connectivity index (χ2n) is 6.58. The Labute approximate surface area is 118 Å². The van der Waals surface area contributed by atoms with Crippen molar-refractivity contribution in [2.45, 2.75) is 47.2 Å². The second kappa shape index (κ2) is 5.22. The molecule has 1 nitrogen and oxygen atoms in total. The SMILES string of the molecule is CC(NCc1ccccc1)C1C(C)(C)C1(C)C.Cl. The summed E-state index contributed by atoms with van der Waals surface area (Å²) in [5.74, 6) is 0.777. The molecule has 0 aromatic heterocycles. The standard InChI is InChI=1S/C16H25N.ClH/c1-12(14-15(2,3)16(14,4)5)17-11-13-9-7-6-8-10-13;/h6-10,12,14,17H,11H2,1-5H3;1H. The van der Waals surface area contributed by atoms with Gasteiger partial charge >= 0.3 is 0 Å². The molecule has 0 aliphatic heterocycles. The number of rotatable bonds is 4. The average molecular weight is 268 g/mol. The lowest BCUT2D eigenvalue weighted by molar-refractivity contribution is 0.423. The fraction of sp³-hybridized carbons (Fsp3) is 0.625. The Kier molecular flexibility index (Phi) is 4.51. The number of nitrogens with one attached hydrogen (secondary N) is 1. The predicted octanol–water partition coefficient (Wildman–Crippen LogP) is 4.27. The maximum absolute atomic E-state index is 3.67. The van der Waals surface area contributed by atoms with E-state index in [1.807, 2.05) is 0 Å². The summed E-state index contributed by atoms with van der Waals surface area (Å²) < 4.78 is 0. The molecule has 0 amide bonds. The first-order valence-electron chi connectivity index (χ1n) is 6.64. The maximum Gasteiger partial charge on any atom is 0.0208 e. The molecule has 1 aromatic carbocycles. The molecule has 1 N–H and O–H groups in total. The van der Waals surface area contributed by atoms with Gasteiger partial charge in [-0.2, -0.15) is 0 Å². The van der Waals surface area contributed by atoms with Gasteiger partial charge in [0.05, 0.1) is 0 Å². The summed E-state index contributed by atoms with van der Waals surface area (Å²) in [5.41, 5.74) is 2.31. The van der Waals surface area contributed by atoms with E-state index in [0.717, 1.165) is 12.5 Å². The van der Waals surface area contributed by atoms with Gasteiger partial charge in [-0.1, -0.05) is 58.0 Å². The lowest BCUT2D eigenvalue weighted by atomic mass is 10.0. The molecule has 1 aliphatic rings. The van der Waals surface area contributed by atoms with Crippen LogP contribution >= 0.6 is 12.4 Å². The van der Waals surface area contributed by atoms with Gasteiger partial charge in [0.1, 0.15) is 0 Å². The first-order chi connectivity index (χ1) is 7.87. The van der Waals surface area contributed by atoms with Gasteiger partial charge in [-0.3, -0.25) is 0 Å². The van der Waals surface area contributed by atoms with Crippen LogP contribution in [0.2, 0.25) is 0 Å². The highest BCUT2D eigenvalue weighted by Crippen LogP contribution is 2.69.